The molecule has 9 heteroatoms. The summed E-state index contributed by atoms with van der Waals surface area (Å²) in [5.41, 5.74) is -0.852. The summed E-state index contributed by atoms with van der Waals surface area (Å²) in [5.74, 6) is -1.59. The quantitative estimate of drug-likeness (QED) is 0.673. The summed E-state index contributed by atoms with van der Waals surface area (Å²) in [6.45, 7) is 3.18. The molecule has 0 fully saturated rings. The van der Waals surface area contributed by atoms with Gasteiger partial charge < -0.3 is 14.6 Å². The van der Waals surface area contributed by atoms with Gasteiger partial charge in [0.2, 0.25) is 10.0 Å². The van der Waals surface area contributed by atoms with E-state index in [0.717, 1.165) is 0 Å². The highest BCUT2D eigenvalue weighted by Crippen LogP contribution is 2.25. The van der Waals surface area contributed by atoms with E-state index in [-0.39, 0.29) is 29.1 Å². The van der Waals surface area contributed by atoms with Crippen LogP contribution in [0.5, 0.6) is 5.75 Å². The van der Waals surface area contributed by atoms with Crippen LogP contribution in [0.1, 0.15) is 37.0 Å². The molecule has 1 aromatic carbocycles. The van der Waals surface area contributed by atoms with E-state index in [0.29, 0.717) is 0 Å². The van der Waals surface area contributed by atoms with Gasteiger partial charge in [0, 0.05) is 18.0 Å². The lowest BCUT2D eigenvalue weighted by Gasteiger charge is -2.25. The first kappa shape index (κ1) is 19.9. The van der Waals surface area contributed by atoms with Gasteiger partial charge in [0.25, 0.3) is 0 Å². The molecule has 0 saturated carbocycles. The van der Waals surface area contributed by atoms with Crippen LogP contribution in [0.2, 0.25) is 0 Å². The maximum Gasteiger partial charge on any atom is 0.341 e. The number of nitrogens with one attached hydrogen (secondary N) is 1. The number of ether oxygens (including phenoxy) is 2. The number of carbonyl (C=O) groups is 2. The Bertz CT molecular complexity index is 725. The number of carboxylic acid groups (broad SMARTS) is 1. The van der Waals surface area contributed by atoms with Crippen LogP contribution >= 0.6 is 0 Å². The van der Waals surface area contributed by atoms with Crippen LogP contribution in [-0.4, -0.2) is 45.2 Å². The van der Waals surface area contributed by atoms with E-state index in [9.17, 15) is 18.0 Å². The van der Waals surface area contributed by atoms with Crippen molar-refractivity contribution in [2.24, 2.45) is 0 Å². The Morgan fingerprint density at radius 1 is 1.25 bits per heavy atom. The largest absolute Gasteiger partial charge is 0.496 e. The van der Waals surface area contributed by atoms with Crippen LogP contribution in [0.15, 0.2) is 23.1 Å². The first-order valence-electron chi connectivity index (χ1n) is 7.04. The highest BCUT2D eigenvalue weighted by atomic mass is 32.2. The zero-order chi connectivity index (χ0) is 18.5. The molecule has 1 rings (SSSR count). The number of hydrogen-bond donors (Lipinski definition) is 2. The fraction of sp³-hybridized carbons (Fsp3) is 0.467. The normalized spacial score (nSPS) is 11.8. The predicted molar refractivity (Wildman–Crippen MR) is 85.6 cm³/mol. The maximum absolute atomic E-state index is 12.5. The van der Waals surface area contributed by atoms with Crippen molar-refractivity contribution in [3.8, 4) is 5.75 Å². The number of sulfonamides is 1. The van der Waals surface area contributed by atoms with Crippen molar-refractivity contribution < 1.29 is 32.6 Å². The number of rotatable bonds is 8. The highest BCUT2D eigenvalue weighted by molar-refractivity contribution is 7.89. The predicted octanol–water partition coefficient (Wildman–Crippen LogP) is 1.40. The summed E-state index contributed by atoms with van der Waals surface area (Å²) in [6.07, 6.45) is -0.0426. The third kappa shape index (κ3) is 5.20. The van der Waals surface area contributed by atoms with Crippen molar-refractivity contribution in [3.05, 3.63) is 23.8 Å². The second kappa shape index (κ2) is 7.63. The molecular weight excluding hydrogens is 338 g/mol. The van der Waals surface area contributed by atoms with Crippen molar-refractivity contribution in [2.45, 2.75) is 37.1 Å². The number of benzene rings is 1. The van der Waals surface area contributed by atoms with Crippen LogP contribution in [-0.2, 0) is 19.6 Å². The minimum absolute atomic E-state index is 0.0630. The number of methoxy groups -OCH3 is 2. The molecule has 0 amide bonds. The first-order chi connectivity index (χ1) is 11.0. The third-order valence-corrected chi connectivity index (χ3v) is 4.96. The van der Waals surface area contributed by atoms with Crippen LogP contribution in [0.4, 0.5) is 0 Å². The van der Waals surface area contributed by atoms with Gasteiger partial charge in [0.15, 0.2) is 0 Å². The fourth-order valence-corrected chi connectivity index (χ4v) is 3.47. The van der Waals surface area contributed by atoms with Gasteiger partial charge in [0.05, 0.1) is 19.1 Å². The zero-order valence-electron chi connectivity index (χ0n) is 14.0. The number of carboxylic acids is 1. The molecular formula is C15H21NO7S. The van der Waals surface area contributed by atoms with E-state index in [1.54, 1.807) is 13.8 Å². The van der Waals surface area contributed by atoms with Gasteiger partial charge in [-0.3, -0.25) is 4.79 Å². The fourth-order valence-electron chi connectivity index (χ4n) is 2.01. The van der Waals surface area contributed by atoms with Gasteiger partial charge in [-0.25, -0.2) is 17.9 Å². The van der Waals surface area contributed by atoms with Gasteiger partial charge in [-0.2, -0.15) is 0 Å². The average molecular weight is 359 g/mol. The van der Waals surface area contributed by atoms with E-state index in [2.05, 4.69) is 9.46 Å². The average Bonchev–Trinajstić information content (AvgIpc) is 2.50. The van der Waals surface area contributed by atoms with E-state index in [1.807, 2.05) is 0 Å². The molecule has 8 nitrogen and oxygen atoms in total. The molecule has 24 heavy (non-hydrogen) atoms. The Hall–Kier alpha value is -2.13. The molecule has 0 spiro atoms. The summed E-state index contributed by atoms with van der Waals surface area (Å²) in [4.78, 5) is 22.2. The molecule has 2 N–H and O–H groups in total. The summed E-state index contributed by atoms with van der Waals surface area (Å²) in [7, 11) is -1.41. The van der Waals surface area contributed by atoms with Crippen molar-refractivity contribution >= 4 is 22.0 Å². The zero-order valence-corrected chi connectivity index (χ0v) is 14.8. The number of esters is 1. The van der Waals surface area contributed by atoms with Gasteiger partial charge in [-0.05, 0) is 32.4 Å². The van der Waals surface area contributed by atoms with Gasteiger partial charge >= 0.3 is 11.9 Å². The number of carbonyl (C=O) groups excluding carboxylic acids is 1. The Kier molecular flexibility index (Phi) is 6.33. The Morgan fingerprint density at radius 3 is 2.38 bits per heavy atom. The van der Waals surface area contributed by atoms with Gasteiger partial charge in [-0.15, -0.1) is 0 Å². The lowest BCUT2D eigenvalue weighted by Crippen LogP contribution is -2.43. The molecule has 0 radical (unpaired) electrons. The first-order valence-corrected chi connectivity index (χ1v) is 8.53. The molecule has 0 saturated heterocycles. The Balaban J connectivity index is 3.10. The summed E-state index contributed by atoms with van der Waals surface area (Å²) in [6, 6.07) is 3.76. The van der Waals surface area contributed by atoms with E-state index in [4.69, 9.17) is 9.84 Å². The molecule has 0 aliphatic carbocycles. The van der Waals surface area contributed by atoms with E-state index in [1.165, 1.54) is 32.4 Å². The van der Waals surface area contributed by atoms with E-state index < -0.39 is 27.5 Å². The monoisotopic (exact) mass is 359 g/mol. The van der Waals surface area contributed by atoms with Crippen LogP contribution in [0.3, 0.4) is 0 Å². The molecule has 0 bridgehead atoms. The van der Waals surface area contributed by atoms with Crippen LogP contribution < -0.4 is 9.46 Å². The highest BCUT2D eigenvalue weighted by Gasteiger charge is 2.28. The van der Waals surface area contributed by atoms with Gasteiger partial charge in [0.1, 0.15) is 11.3 Å². The maximum atomic E-state index is 12.5. The van der Waals surface area contributed by atoms with E-state index >= 15 is 0 Å². The van der Waals surface area contributed by atoms with Crippen LogP contribution in [0.25, 0.3) is 0 Å². The smallest absolute Gasteiger partial charge is 0.341 e. The second-order valence-corrected chi connectivity index (χ2v) is 7.42. The summed E-state index contributed by atoms with van der Waals surface area (Å²) >= 11 is 0. The molecule has 134 valence electrons. The summed E-state index contributed by atoms with van der Waals surface area (Å²) < 4.78 is 37.1. The topological polar surface area (TPSA) is 119 Å². The van der Waals surface area contributed by atoms with Crippen LogP contribution in [0, 0.1) is 0 Å². The SMILES string of the molecule is COC(=O)c1ccc(S(=O)(=O)NC(C)(C)CCC(=O)O)cc1OC. The second-order valence-electron chi connectivity index (χ2n) is 5.74. The van der Waals surface area contributed by atoms with Crippen molar-refractivity contribution in [2.75, 3.05) is 14.2 Å². The number of aliphatic carboxylic acids is 1. The Morgan fingerprint density at radius 2 is 1.88 bits per heavy atom. The third-order valence-electron chi connectivity index (χ3n) is 3.26. The molecule has 0 unspecified atom stereocenters. The summed E-state index contributed by atoms with van der Waals surface area (Å²) in [5, 5.41) is 8.73. The minimum atomic E-state index is -3.92. The molecule has 0 heterocycles. The van der Waals surface area contributed by atoms with Crippen molar-refractivity contribution in [3.63, 3.8) is 0 Å². The van der Waals surface area contributed by atoms with Crippen molar-refractivity contribution in [1.82, 2.24) is 4.72 Å². The Labute approximate surface area is 140 Å². The lowest BCUT2D eigenvalue weighted by molar-refractivity contribution is -0.137. The molecule has 0 aliphatic rings. The molecule has 0 aromatic heterocycles. The lowest BCUT2D eigenvalue weighted by atomic mass is 10.0. The molecule has 0 aliphatic heterocycles. The van der Waals surface area contributed by atoms with Gasteiger partial charge in [-0.1, -0.05) is 0 Å². The molecule has 0 atom stereocenters. The van der Waals surface area contributed by atoms with Crippen molar-refractivity contribution in [1.29, 1.82) is 0 Å². The molecule has 1 aromatic rings. The standard InChI is InChI=1S/C15H21NO7S/c1-15(2,8-7-13(17)18)16-24(20,21)10-5-6-11(14(19)23-4)12(9-10)22-3/h5-6,9,16H,7-8H2,1-4H3,(H,17,18). The minimum Gasteiger partial charge on any atom is -0.496 e. The number of hydrogen-bond acceptors (Lipinski definition) is 6.